The summed E-state index contributed by atoms with van der Waals surface area (Å²) in [5.74, 6) is 0.667. The SMILES string of the molecule is Oc1ccc(CCC2CCN(CC(O)c3ccccc3F)CC2)cc1. The molecule has 2 aromatic carbocycles. The third-order valence-electron chi connectivity index (χ3n) is 5.18. The molecule has 1 atom stereocenters. The summed E-state index contributed by atoms with van der Waals surface area (Å²) in [7, 11) is 0. The molecule has 1 aliphatic heterocycles. The fourth-order valence-electron chi connectivity index (χ4n) is 3.58. The lowest BCUT2D eigenvalue weighted by molar-refractivity contribution is 0.0859. The molecule has 3 rings (SSSR count). The number of phenols is 1. The van der Waals surface area contributed by atoms with Gasteiger partial charge in [0.15, 0.2) is 0 Å². The number of rotatable bonds is 6. The summed E-state index contributed by atoms with van der Waals surface area (Å²) < 4.78 is 13.7. The van der Waals surface area contributed by atoms with Crippen LogP contribution in [-0.4, -0.2) is 34.7 Å². The van der Waals surface area contributed by atoms with Crippen LogP contribution in [0.2, 0.25) is 0 Å². The van der Waals surface area contributed by atoms with E-state index in [2.05, 4.69) is 4.90 Å². The maximum atomic E-state index is 13.7. The van der Waals surface area contributed by atoms with Gasteiger partial charge in [0.1, 0.15) is 11.6 Å². The Balaban J connectivity index is 1.42. The van der Waals surface area contributed by atoms with Crippen LogP contribution in [-0.2, 0) is 6.42 Å². The number of piperidine rings is 1. The summed E-state index contributed by atoms with van der Waals surface area (Å²) >= 11 is 0. The highest BCUT2D eigenvalue weighted by molar-refractivity contribution is 5.26. The number of aryl methyl sites for hydroxylation is 1. The van der Waals surface area contributed by atoms with Crippen LogP contribution in [0.15, 0.2) is 48.5 Å². The molecule has 25 heavy (non-hydrogen) atoms. The standard InChI is InChI=1S/C21H26FNO2/c22-20-4-2-1-3-19(20)21(25)15-23-13-11-17(12-14-23)6-5-16-7-9-18(24)10-8-16/h1-4,7-10,17,21,24-25H,5-6,11-15H2. The zero-order valence-electron chi connectivity index (χ0n) is 14.4. The number of halogens is 1. The number of benzene rings is 2. The Morgan fingerprint density at radius 1 is 1.04 bits per heavy atom. The molecule has 1 saturated heterocycles. The van der Waals surface area contributed by atoms with Crippen molar-refractivity contribution in [1.82, 2.24) is 4.90 Å². The molecule has 0 bridgehead atoms. The number of aromatic hydroxyl groups is 1. The maximum Gasteiger partial charge on any atom is 0.129 e. The number of aliphatic hydroxyl groups is 1. The summed E-state index contributed by atoms with van der Waals surface area (Å²) in [5.41, 5.74) is 1.65. The van der Waals surface area contributed by atoms with Crippen LogP contribution < -0.4 is 0 Å². The minimum atomic E-state index is -0.769. The Kier molecular flexibility index (Phi) is 6.05. The lowest BCUT2D eigenvalue weighted by Gasteiger charge is -2.33. The Bertz CT molecular complexity index is 666. The topological polar surface area (TPSA) is 43.7 Å². The number of phenolic OH excluding ortho intramolecular Hbond substituents is 1. The quantitative estimate of drug-likeness (QED) is 0.836. The molecule has 1 heterocycles. The van der Waals surface area contributed by atoms with Crippen LogP contribution in [0.4, 0.5) is 4.39 Å². The molecule has 1 aliphatic rings. The van der Waals surface area contributed by atoms with Gasteiger partial charge in [0.05, 0.1) is 6.10 Å². The van der Waals surface area contributed by atoms with Gasteiger partial charge < -0.3 is 15.1 Å². The van der Waals surface area contributed by atoms with Gasteiger partial charge in [-0.15, -0.1) is 0 Å². The summed E-state index contributed by atoms with van der Waals surface area (Å²) in [6.07, 6.45) is 3.64. The van der Waals surface area contributed by atoms with E-state index in [1.165, 1.54) is 11.6 Å². The molecule has 2 N–H and O–H groups in total. The minimum absolute atomic E-state index is 0.311. The van der Waals surface area contributed by atoms with Crippen molar-refractivity contribution in [2.24, 2.45) is 5.92 Å². The zero-order valence-corrected chi connectivity index (χ0v) is 14.4. The molecule has 4 heteroatoms. The molecular weight excluding hydrogens is 317 g/mol. The van der Waals surface area contributed by atoms with E-state index < -0.39 is 6.10 Å². The average Bonchev–Trinajstić information content (AvgIpc) is 2.63. The first kappa shape index (κ1) is 17.9. The molecule has 0 amide bonds. The Morgan fingerprint density at radius 2 is 1.72 bits per heavy atom. The molecule has 2 aromatic rings. The van der Waals surface area contributed by atoms with Gasteiger partial charge in [-0.25, -0.2) is 4.39 Å². The maximum absolute atomic E-state index is 13.7. The number of aliphatic hydroxyl groups excluding tert-OH is 1. The van der Waals surface area contributed by atoms with E-state index in [1.807, 2.05) is 12.1 Å². The number of nitrogens with zero attached hydrogens (tertiary/aromatic N) is 1. The van der Waals surface area contributed by atoms with Crippen LogP contribution in [0.1, 0.15) is 36.5 Å². The lowest BCUT2D eigenvalue weighted by atomic mass is 9.90. The fraction of sp³-hybridized carbons (Fsp3) is 0.429. The summed E-state index contributed by atoms with van der Waals surface area (Å²) in [6, 6.07) is 13.9. The lowest BCUT2D eigenvalue weighted by Crippen LogP contribution is -2.36. The van der Waals surface area contributed by atoms with Crippen LogP contribution >= 0.6 is 0 Å². The molecule has 0 radical (unpaired) electrons. The third-order valence-corrected chi connectivity index (χ3v) is 5.18. The van der Waals surface area contributed by atoms with Gasteiger partial charge in [-0.3, -0.25) is 0 Å². The van der Waals surface area contributed by atoms with Crippen molar-refractivity contribution >= 4 is 0 Å². The summed E-state index contributed by atoms with van der Waals surface area (Å²) in [5, 5.41) is 19.6. The summed E-state index contributed by atoms with van der Waals surface area (Å²) in [6.45, 7) is 2.39. The number of hydrogen-bond acceptors (Lipinski definition) is 3. The molecular formula is C21H26FNO2. The predicted octanol–water partition coefficient (Wildman–Crippen LogP) is 3.91. The number of likely N-dealkylation sites (tertiary alicyclic amines) is 1. The second-order valence-electron chi connectivity index (χ2n) is 6.99. The van der Waals surface area contributed by atoms with E-state index in [1.54, 1.807) is 30.3 Å². The largest absolute Gasteiger partial charge is 0.508 e. The molecule has 3 nitrogen and oxygen atoms in total. The van der Waals surface area contributed by atoms with E-state index in [4.69, 9.17) is 0 Å². The van der Waals surface area contributed by atoms with Gasteiger partial charge in [-0.05, 0) is 68.5 Å². The van der Waals surface area contributed by atoms with Crippen molar-refractivity contribution in [3.05, 3.63) is 65.5 Å². The predicted molar refractivity (Wildman–Crippen MR) is 97.0 cm³/mol. The Morgan fingerprint density at radius 3 is 2.40 bits per heavy atom. The summed E-state index contributed by atoms with van der Waals surface area (Å²) in [4.78, 5) is 2.23. The van der Waals surface area contributed by atoms with Crippen molar-refractivity contribution in [2.45, 2.75) is 31.8 Å². The zero-order chi connectivity index (χ0) is 17.6. The van der Waals surface area contributed by atoms with E-state index >= 15 is 0 Å². The van der Waals surface area contributed by atoms with Gasteiger partial charge in [-0.2, -0.15) is 0 Å². The first-order valence-corrected chi connectivity index (χ1v) is 9.04. The van der Waals surface area contributed by atoms with Crippen LogP contribution in [0.25, 0.3) is 0 Å². The van der Waals surface area contributed by atoms with Crippen molar-refractivity contribution in [3.8, 4) is 5.75 Å². The highest BCUT2D eigenvalue weighted by atomic mass is 19.1. The second-order valence-corrected chi connectivity index (χ2v) is 6.99. The Labute approximate surface area is 148 Å². The fourth-order valence-corrected chi connectivity index (χ4v) is 3.58. The van der Waals surface area contributed by atoms with Crippen molar-refractivity contribution in [1.29, 1.82) is 0 Å². The van der Waals surface area contributed by atoms with E-state index in [0.717, 1.165) is 38.8 Å². The van der Waals surface area contributed by atoms with Crippen LogP contribution in [0.3, 0.4) is 0 Å². The van der Waals surface area contributed by atoms with Crippen molar-refractivity contribution in [3.63, 3.8) is 0 Å². The van der Waals surface area contributed by atoms with Gasteiger partial charge in [0.25, 0.3) is 0 Å². The van der Waals surface area contributed by atoms with E-state index in [0.29, 0.717) is 23.8 Å². The van der Waals surface area contributed by atoms with Crippen LogP contribution in [0.5, 0.6) is 5.75 Å². The van der Waals surface area contributed by atoms with Gasteiger partial charge in [0.2, 0.25) is 0 Å². The average molecular weight is 343 g/mol. The van der Waals surface area contributed by atoms with Crippen molar-refractivity contribution < 1.29 is 14.6 Å². The normalized spacial score (nSPS) is 17.5. The Hall–Kier alpha value is -1.91. The molecule has 0 saturated carbocycles. The van der Waals surface area contributed by atoms with E-state index in [9.17, 15) is 14.6 Å². The van der Waals surface area contributed by atoms with Gasteiger partial charge in [-0.1, -0.05) is 30.3 Å². The first-order valence-electron chi connectivity index (χ1n) is 9.04. The first-order chi connectivity index (χ1) is 12.1. The van der Waals surface area contributed by atoms with Gasteiger partial charge >= 0.3 is 0 Å². The molecule has 1 unspecified atom stereocenters. The second kappa shape index (κ2) is 8.45. The van der Waals surface area contributed by atoms with Crippen molar-refractivity contribution in [2.75, 3.05) is 19.6 Å². The van der Waals surface area contributed by atoms with E-state index in [-0.39, 0.29) is 5.82 Å². The highest BCUT2D eigenvalue weighted by Gasteiger charge is 2.22. The molecule has 0 aliphatic carbocycles. The third kappa shape index (κ3) is 5.03. The molecule has 1 fully saturated rings. The monoisotopic (exact) mass is 343 g/mol. The smallest absolute Gasteiger partial charge is 0.129 e. The minimum Gasteiger partial charge on any atom is -0.508 e. The molecule has 134 valence electrons. The van der Waals surface area contributed by atoms with Crippen LogP contribution in [0, 0.1) is 11.7 Å². The number of β-amino-alcohol motifs (C(OH)–C–C–N with tert-alkyl or cyclic N) is 1. The molecule has 0 aromatic heterocycles. The van der Waals surface area contributed by atoms with Gasteiger partial charge in [0, 0.05) is 12.1 Å². The molecule has 0 spiro atoms. The highest BCUT2D eigenvalue weighted by Crippen LogP contribution is 2.25. The number of hydrogen-bond donors (Lipinski definition) is 2.